The summed E-state index contributed by atoms with van der Waals surface area (Å²) in [5.41, 5.74) is 17.3. The predicted octanol–water partition coefficient (Wildman–Crippen LogP) is 8.52. The number of hydrogen-bond acceptors (Lipinski definition) is 20. The molecule has 20 rings (SSSR count). The SMILES string of the molecule is Cc1ccc2c3c(oc2n1)=CB(N1C=CN(c2ccccc2)[C@@H]1C)N(C)C=3.Cc1ccc2c3c(oc2n1)=CB(N1c2ccccc2N(C)[C@@H]1C)N(C)C=3.Cc1ccc2c3c(oc2n1)=CB(N1c2ccccc2N(c2ccccc2)[C@@H]1C)N(C)C=3.[2H]C([2H])([2H])N1C=CN(B2C=c3oc4nc(C)ccc4c3=CN2C)[C@H]1C. The Morgan fingerprint density at radius 2 is 0.698 bits per heavy atom. The van der Waals surface area contributed by atoms with Crippen LogP contribution in [0.4, 0.5) is 34.1 Å². The number of anilines is 6. The van der Waals surface area contributed by atoms with Crippen LogP contribution in [0.15, 0.2) is 200 Å². The van der Waals surface area contributed by atoms with Crippen molar-refractivity contribution in [2.45, 2.75) is 80.1 Å². The van der Waals surface area contributed by atoms with E-state index >= 15 is 0 Å². The number of aryl methyl sites for hydroxylation is 4. The third kappa shape index (κ3) is 11.6. The molecule has 16 heterocycles. The van der Waals surface area contributed by atoms with Crippen LogP contribution in [0.3, 0.4) is 0 Å². The van der Waals surface area contributed by atoms with Crippen LogP contribution < -0.4 is 66.9 Å². The molecular formula is C82H84B4N16O4. The van der Waals surface area contributed by atoms with Crippen LogP contribution in [-0.4, -0.2) is 149 Å². The smallest absolute Gasteiger partial charge is 0.408 e. The fourth-order valence-corrected chi connectivity index (χ4v) is 16.0. The first-order valence-corrected chi connectivity index (χ1v) is 36.2. The summed E-state index contributed by atoms with van der Waals surface area (Å²) in [6.45, 7) is 14.4. The Labute approximate surface area is 621 Å². The van der Waals surface area contributed by atoms with Gasteiger partial charge in [-0.15, -0.1) is 0 Å². The summed E-state index contributed by atoms with van der Waals surface area (Å²) in [5, 5.41) is 8.49. The highest BCUT2D eigenvalue weighted by molar-refractivity contribution is 6.76. The number of para-hydroxylation sites is 6. The molecule has 0 fully saturated rings. The van der Waals surface area contributed by atoms with Gasteiger partial charge in [0, 0.05) is 144 Å². The first kappa shape index (κ1) is 63.6. The Hall–Kier alpha value is -12.1. The molecule has 0 radical (unpaired) electrons. The summed E-state index contributed by atoms with van der Waals surface area (Å²) in [7, 11) is 10.5. The van der Waals surface area contributed by atoms with Crippen molar-refractivity contribution in [3.8, 4) is 0 Å². The summed E-state index contributed by atoms with van der Waals surface area (Å²) in [5.74, 6) is 8.62. The highest BCUT2D eigenvalue weighted by Crippen LogP contribution is 2.45. The van der Waals surface area contributed by atoms with Crippen LogP contribution in [0, 0.1) is 27.7 Å². The highest BCUT2D eigenvalue weighted by atomic mass is 16.3. The van der Waals surface area contributed by atoms with Gasteiger partial charge in [0.2, 0.25) is 22.9 Å². The quantitative estimate of drug-likeness (QED) is 0.147. The molecule has 0 bridgehead atoms. The minimum absolute atomic E-state index is 0.0269. The van der Waals surface area contributed by atoms with Gasteiger partial charge in [-0.3, -0.25) is 0 Å². The van der Waals surface area contributed by atoms with Gasteiger partial charge in [0.1, 0.15) is 21.7 Å². The molecule has 0 spiro atoms. The fourth-order valence-electron chi connectivity index (χ4n) is 16.0. The van der Waals surface area contributed by atoms with E-state index in [4.69, 9.17) is 21.8 Å². The molecule has 0 unspecified atom stereocenters. The molecule has 20 nitrogen and oxygen atoms in total. The zero-order valence-corrected chi connectivity index (χ0v) is 61.8. The summed E-state index contributed by atoms with van der Waals surface area (Å²) in [4.78, 5) is 44.5. The van der Waals surface area contributed by atoms with Crippen molar-refractivity contribution in [2.24, 2.45) is 0 Å². The molecule has 4 atom stereocenters. The average Bonchev–Trinajstić information content (AvgIpc) is 1.58. The monoisotopic (exact) mass is 1400 g/mol. The highest BCUT2D eigenvalue weighted by Gasteiger charge is 2.43. The second-order valence-electron chi connectivity index (χ2n) is 28.5. The molecule has 4 aromatic carbocycles. The lowest BCUT2D eigenvalue weighted by molar-refractivity contribution is 0.266. The maximum Gasteiger partial charge on any atom is 0.408 e. The van der Waals surface area contributed by atoms with Crippen molar-refractivity contribution in [2.75, 3.05) is 66.5 Å². The Kier molecular flexibility index (Phi) is 15.9. The van der Waals surface area contributed by atoms with E-state index in [9.17, 15) is 0 Å². The number of pyridine rings is 4. The molecule has 528 valence electrons. The normalized spacial score (nSPS) is 19.2. The zero-order valence-electron chi connectivity index (χ0n) is 64.8. The van der Waals surface area contributed by atoms with Crippen molar-refractivity contribution >= 4 is 155 Å². The number of fused-ring (bicyclic) bond motifs is 14. The van der Waals surface area contributed by atoms with Gasteiger partial charge in [0.05, 0.1) is 47.4 Å². The molecule has 106 heavy (non-hydrogen) atoms. The molecule has 0 saturated heterocycles. The van der Waals surface area contributed by atoms with Crippen molar-refractivity contribution in [1.82, 2.24) is 53.7 Å². The zero-order chi connectivity index (χ0) is 75.6. The van der Waals surface area contributed by atoms with E-state index in [1.807, 2.05) is 101 Å². The summed E-state index contributed by atoms with van der Waals surface area (Å²) in [6, 6.07) is 54.6. The Balaban J connectivity index is 0.000000107. The van der Waals surface area contributed by atoms with Gasteiger partial charge < -0.3 is 75.8 Å². The molecule has 8 aromatic heterocycles. The van der Waals surface area contributed by atoms with Crippen LogP contribution in [0.5, 0.6) is 0 Å². The maximum atomic E-state index is 7.65. The summed E-state index contributed by atoms with van der Waals surface area (Å²) < 4.78 is 47.2. The second kappa shape index (κ2) is 26.6. The minimum atomic E-state index is -2.16. The number of hydrogen-bond donors (Lipinski definition) is 0. The molecule has 0 saturated carbocycles. The number of furan rings is 4. The lowest BCUT2D eigenvalue weighted by Crippen LogP contribution is -2.56. The first-order valence-electron chi connectivity index (χ1n) is 37.7. The third-order valence-electron chi connectivity index (χ3n) is 21.7. The van der Waals surface area contributed by atoms with E-state index < -0.39 is 6.98 Å². The van der Waals surface area contributed by atoms with E-state index in [-0.39, 0.29) is 52.6 Å². The minimum Gasteiger partial charge on any atom is -0.439 e. The lowest BCUT2D eigenvalue weighted by Gasteiger charge is -2.37. The first-order chi connectivity index (χ1) is 52.5. The molecule has 8 aliphatic heterocycles. The van der Waals surface area contributed by atoms with Crippen molar-refractivity contribution in [3.05, 3.63) is 248 Å². The lowest BCUT2D eigenvalue weighted by atomic mass is 9.69. The van der Waals surface area contributed by atoms with Crippen molar-refractivity contribution in [1.29, 1.82) is 0 Å². The average molecular weight is 1400 g/mol. The number of aromatic nitrogens is 4. The van der Waals surface area contributed by atoms with Crippen molar-refractivity contribution in [3.63, 3.8) is 0 Å². The van der Waals surface area contributed by atoms with Gasteiger partial charge in [0.25, 0.3) is 0 Å². The van der Waals surface area contributed by atoms with E-state index in [2.05, 4.69) is 288 Å². The largest absolute Gasteiger partial charge is 0.439 e. The molecule has 8 aliphatic rings. The van der Waals surface area contributed by atoms with E-state index in [1.54, 1.807) is 6.20 Å². The van der Waals surface area contributed by atoms with Crippen molar-refractivity contribution < 1.29 is 21.8 Å². The molecule has 0 amide bonds. The molecule has 12 aromatic rings. The van der Waals surface area contributed by atoms with Gasteiger partial charge in [-0.05, 0) is 205 Å². The topological polar surface area (TPSA) is 143 Å². The van der Waals surface area contributed by atoms with Crippen LogP contribution in [-0.2, 0) is 0 Å². The van der Waals surface area contributed by atoms with Crippen LogP contribution >= 0.6 is 0 Å². The molecule has 0 aliphatic carbocycles. The van der Waals surface area contributed by atoms with E-state index in [0.717, 1.165) is 86.9 Å². The molecular weight excluding hydrogens is 1320 g/mol. The van der Waals surface area contributed by atoms with Crippen LogP contribution in [0.1, 0.15) is 54.6 Å². The standard InChI is InChI=1S/C25H23BN4O.C21H21BN4O.C20H21BN4O.C16H19BN4O/c1-17-13-14-20-21-16-28(3)26(15-24(21)31-25(20)27-17)30-18(2)29(19-9-5-4-6-10-19)22-11-7-8-12-23(22)30;1-15-9-10-18-19-14-24(3)22(13-20(19)27-21(18)23-15)26-12-11-25(16(26)2)17-7-5-4-6-8-17;1-13-9-10-15-16-12-23(3)21(11-19(16)26-20(15)22-13)25-14(2)24(4)17-7-5-6-8-18(17)25;1-11-5-6-13-14-10-20(4)17(9-15(14)22-16(13)18-11)21-8-7-19(3)12(21)2/h4-16,18H,1-3H3;4-14,16H,1-3H3;5-12,14H,1-4H3;5-10,12H,1-4H3/t18-;16-;14-;12-/m0000/s1/i;;;3D3. The van der Waals surface area contributed by atoms with E-state index in [1.165, 1.54) is 39.0 Å². The Bertz CT molecular complexity index is 6180. The van der Waals surface area contributed by atoms with Gasteiger partial charge in [-0.2, -0.15) is 0 Å². The predicted molar refractivity (Wildman–Crippen MR) is 433 cm³/mol. The molecule has 0 N–H and O–H groups in total. The Morgan fingerprint density at radius 3 is 1.12 bits per heavy atom. The number of benzene rings is 4. The van der Waals surface area contributed by atoms with Gasteiger partial charge in [-0.25, -0.2) is 19.9 Å². The third-order valence-corrected chi connectivity index (χ3v) is 21.7. The summed E-state index contributed by atoms with van der Waals surface area (Å²) in [6.07, 6.45) is 16.6. The summed E-state index contributed by atoms with van der Waals surface area (Å²) >= 11 is 0. The van der Waals surface area contributed by atoms with Gasteiger partial charge in [-0.1, -0.05) is 60.7 Å². The van der Waals surface area contributed by atoms with Gasteiger partial charge in [0.15, 0.2) is 0 Å². The number of rotatable bonds is 6. The second-order valence-corrected chi connectivity index (χ2v) is 28.5. The molecule has 24 heteroatoms. The number of nitrogens with zero attached hydrogens (tertiary/aromatic N) is 16. The van der Waals surface area contributed by atoms with Gasteiger partial charge >= 0.3 is 27.9 Å². The maximum absolute atomic E-state index is 7.65. The van der Waals surface area contributed by atoms with E-state index in [0.29, 0.717) is 22.9 Å². The Morgan fingerprint density at radius 1 is 0.349 bits per heavy atom. The van der Waals surface area contributed by atoms with Crippen LogP contribution in [0.2, 0.25) is 0 Å². The fraction of sp³-hybridized carbons (Fsp3) is 0.220. The van der Waals surface area contributed by atoms with Crippen LogP contribution in [0.25, 0.3) is 93.1 Å².